The third-order valence-corrected chi connectivity index (χ3v) is 2.92. The van der Waals surface area contributed by atoms with E-state index in [0.29, 0.717) is 12.1 Å². The van der Waals surface area contributed by atoms with Gasteiger partial charge in [0.05, 0.1) is 17.1 Å². The molecular formula is C15H16N3O. The number of hydrogen-bond donors (Lipinski definition) is 1. The number of benzene rings is 1. The first-order valence-electron chi connectivity index (χ1n) is 6.03. The van der Waals surface area contributed by atoms with Crippen LogP contribution in [-0.4, -0.2) is 11.0 Å². The maximum absolute atomic E-state index is 11.7. The zero-order valence-corrected chi connectivity index (χ0v) is 10.8. The molecule has 2 aromatic rings. The van der Waals surface area contributed by atoms with E-state index in [-0.39, 0.29) is 0 Å². The molecule has 19 heavy (non-hydrogen) atoms. The van der Waals surface area contributed by atoms with Crippen molar-refractivity contribution in [2.45, 2.75) is 13.3 Å². The number of primary amides is 1. The van der Waals surface area contributed by atoms with Gasteiger partial charge in [-0.2, -0.15) is 0 Å². The molecule has 0 unspecified atom stereocenters. The van der Waals surface area contributed by atoms with Crippen molar-refractivity contribution in [3.05, 3.63) is 60.8 Å². The molecule has 0 aliphatic heterocycles. The summed E-state index contributed by atoms with van der Waals surface area (Å²) in [6, 6.07) is 10.7. The monoisotopic (exact) mass is 254 g/mol. The minimum atomic E-state index is -0.529. The molecule has 2 rings (SSSR count). The van der Waals surface area contributed by atoms with Crippen molar-refractivity contribution in [1.29, 1.82) is 0 Å². The fourth-order valence-electron chi connectivity index (χ4n) is 1.91. The number of aryl methyl sites for hydroxylation is 1. The van der Waals surface area contributed by atoms with Crippen LogP contribution in [0.15, 0.2) is 42.6 Å². The molecule has 1 radical (unpaired) electrons. The quantitative estimate of drug-likeness (QED) is 0.915. The van der Waals surface area contributed by atoms with Crippen LogP contribution in [-0.2, 0) is 6.42 Å². The van der Waals surface area contributed by atoms with Gasteiger partial charge in [0.25, 0.3) is 0 Å². The molecule has 0 saturated heterocycles. The molecule has 0 atom stereocenters. The second-order valence-electron chi connectivity index (χ2n) is 4.20. The summed E-state index contributed by atoms with van der Waals surface area (Å²) in [5.41, 5.74) is 8.76. The molecule has 97 valence electrons. The summed E-state index contributed by atoms with van der Waals surface area (Å²) in [5, 5.41) is 0. The van der Waals surface area contributed by atoms with Gasteiger partial charge in [-0.25, -0.2) is 4.79 Å². The number of urea groups is 1. The molecule has 4 heteroatoms. The summed E-state index contributed by atoms with van der Waals surface area (Å²) in [6.45, 7) is 5.67. The first-order chi connectivity index (χ1) is 9.13. The van der Waals surface area contributed by atoms with Gasteiger partial charge >= 0.3 is 6.03 Å². The predicted octanol–water partition coefficient (Wildman–Crippen LogP) is 2.98. The van der Waals surface area contributed by atoms with E-state index in [4.69, 9.17) is 5.73 Å². The maximum Gasteiger partial charge on any atom is 0.323 e. The van der Waals surface area contributed by atoms with Gasteiger partial charge in [0.1, 0.15) is 0 Å². The molecule has 1 heterocycles. The number of nitrogens with two attached hydrogens (primary N) is 1. The van der Waals surface area contributed by atoms with Crippen LogP contribution in [0.1, 0.15) is 11.3 Å². The lowest BCUT2D eigenvalue weighted by molar-refractivity contribution is 0.256. The van der Waals surface area contributed by atoms with E-state index < -0.39 is 6.03 Å². The summed E-state index contributed by atoms with van der Waals surface area (Å²) in [6.07, 6.45) is 2.40. The molecule has 0 aliphatic carbocycles. The highest BCUT2D eigenvalue weighted by Gasteiger charge is 2.17. The molecule has 0 saturated carbocycles. The Morgan fingerprint density at radius 1 is 1.32 bits per heavy atom. The first kappa shape index (κ1) is 13.1. The number of aromatic nitrogens is 1. The molecule has 0 bridgehead atoms. The van der Waals surface area contributed by atoms with Crippen molar-refractivity contribution in [2.75, 3.05) is 4.90 Å². The lowest BCUT2D eigenvalue weighted by Gasteiger charge is -2.22. The number of rotatable bonds is 3. The highest BCUT2D eigenvalue weighted by Crippen LogP contribution is 2.27. The molecule has 0 fully saturated rings. The van der Waals surface area contributed by atoms with Crippen LogP contribution in [0.5, 0.6) is 0 Å². The topological polar surface area (TPSA) is 59.2 Å². The van der Waals surface area contributed by atoms with Gasteiger partial charge in [-0.05, 0) is 50.1 Å². The van der Waals surface area contributed by atoms with Crippen molar-refractivity contribution in [1.82, 2.24) is 4.98 Å². The lowest BCUT2D eigenvalue weighted by atomic mass is 10.1. The van der Waals surface area contributed by atoms with Crippen LogP contribution < -0.4 is 10.6 Å². The summed E-state index contributed by atoms with van der Waals surface area (Å²) < 4.78 is 0. The normalized spacial score (nSPS) is 10.2. The Labute approximate surface area is 112 Å². The number of carbonyl (C=O) groups excluding carboxylic acids is 1. The Bertz CT molecular complexity index is 578. The Hall–Kier alpha value is -2.36. The summed E-state index contributed by atoms with van der Waals surface area (Å²) in [7, 11) is 0. The van der Waals surface area contributed by atoms with Crippen molar-refractivity contribution in [3.63, 3.8) is 0 Å². The summed E-state index contributed by atoms with van der Waals surface area (Å²) in [4.78, 5) is 17.4. The minimum Gasteiger partial charge on any atom is -0.351 e. The van der Waals surface area contributed by atoms with E-state index in [2.05, 4.69) is 11.9 Å². The molecular weight excluding hydrogens is 238 g/mol. The van der Waals surface area contributed by atoms with Crippen LogP contribution in [0, 0.1) is 13.8 Å². The van der Waals surface area contributed by atoms with Crippen LogP contribution in [0.25, 0.3) is 0 Å². The lowest BCUT2D eigenvalue weighted by Crippen LogP contribution is -2.32. The molecule has 2 N–H and O–H groups in total. The van der Waals surface area contributed by atoms with Gasteiger partial charge in [0, 0.05) is 6.20 Å². The van der Waals surface area contributed by atoms with Crippen LogP contribution in [0.3, 0.4) is 0 Å². The smallest absolute Gasteiger partial charge is 0.323 e. The highest BCUT2D eigenvalue weighted by molar-refractivity contribution is 5.98. The molecule has 1 aromatic heterocycles. The Kier molecular flexibility index (Phi) is 3.80. The van der Waals surface area contributed by atoms with Crippen molar-refractivity contribution >= 4 is 17.4 Å². The van der Waals surface area contributed by atoms with Gasteiger partial charge in [0.2, 0.25) is 0 Å². The Morgan fingerprint density at radius 3 is 2.53 bits per heavy atom. The van der Waals surface area contributed by atoms with E-state index in [1.54, 1.807) is 12.3 Å². The minimum absolute atomic E-state index is 0.529. The number of nitrogens with zero attached hydrogens (tertiary/aromatic N) is 2. The van der Waals surface area contributed by atoms with E-state index in [1.165, 1.54) is 4.90 Å². The fourth-order valence-corrected chi connectivity index (χ4v) is 1.91. The zero-order chi connectivity index (χ0) is 13.8. The number of pyridine rings is 1. The SMILES string of the molecule is [CH2]Cc1ccc(N(C(N)=O)c2cccnc2C)cc1. The maximum atomic E-state index is 11.7. The van der Waals surface area contributed by atoms with Gasteiger partial charge in [-0.3, -0.25) is 9.88 Å². The van der Waals surface area contributed by atoms with Crippen molar-refractivity contribution < 1.29 is 4.79 Å². The number of anilines is 2. The van der Waals surface area contributed by atoms with Gasteiger partial charge < -0.3 is 5.73 Å². The molecule has 1 aromatic carbocycles. The van der Waals surface area contributed by atoms with Crippen molar-refractivity contribution in [2.24, 2.45) is 5.73 Å². The fraction of sp³-hybridized carbons (Fsp3) is 0.133. The number of hydrogen-bond acceptors (Lipinski definition) is 2. The van der Waals surface area contributed by atoms with E-state index in [0.717, 1.165) is 16.9 Å². The van der Waals surface area contributed by atoms with Gasteiger partial charge in [-0.1, -0.05) is 12.1 Å². The largest absolute Gasteiger partial charge is 0.351 e. The summed E-state index contributed by atoms with van der Waals surface area (Å²) in [5.74, 6) is 0. The highest BCUT2D eigenvalue weighted by atomic mass is 16.2. The van der Waals surface area contributed by atoms with Crippen LogP contribution >= 0.6 is 0 Å². The second kappa shape index (κ2) is 5.52. The van der Waals surface area contributed by atoms with E-state index in [1.807, 2.05) is 37.3 Å². The van der Waals surface area contributed by atoms with E-state index in [9.17, 15) is 4.79 Å². The van der Waals surface area contributed by atoms with E-state index >= 15 is 0 Å². The molecule has 4 nitrogen and oxygen atoms in total. The Balaban J connectivity index is 2.46. The zero-order valence-electron chi connectivity index (χ0n) is 10.8. The van der Waals surface area contributed by atoms with Gasteiger partial charge in [0.15, 0.2) is 0 Å². The van der Waals surface area contributed by atoms with Gasteiger partial charge in [-0.15, -0.1) is 0 Å². The third kappa shape index (κ3) is 2.73. The first-order valence-corrected chi connectivity index (χ1v) is 6.03. The molecule has 0 spiro atoms. The number of amides is 2. The van der Waals surface area contributed by atoms with Crippen LogP contribution in [0.4, 0.5) is 16.2 Å². The Morgan fingerprint density at radius 2 is 2.00 bits per heavy atom. The molecule has 2 amide bonds. The number of carbonyl (C=O) groups is 1. The predicted molar refractivity (Wildman–Crippen MR) is 76.2 cm³/mol. The standard InChI is InChI=1S/C15H16N3O/c1-3-12-6-8-13(9-7-12)18(15(16)19)14-5-4-10-17-11(14)2/h4-10H,1,3H2,2H3,(H2,16,19). The average Bonchev–Trinajstić information content (AvgIpc) is 2.42. The second-order valence-corrected chi connectivity index (χ2v) is 4.20. The third-order valence-electron chi connectivity index (χ3n) is 2.92. The van der Waals surface area contributed by atoms with Crippen molar-refractivity contribution in [3.8, 4) is 0 Å². The molecule has 0 aliphatic rings. The summed E-state index contributed by atoms with van der Waals surface area (Å²) >= 11 is 0. The average molecular weight is 254 g/mol. The van der Waals surface area contributed by atoms with Crippen LogP contribution in [0.2, 0.25) is 0 Å².